The molecule has 2 aliphatic heterocycles. The molecule has 2 aliphatic carbocycles. The van der Waals surface area contributed by atoms with Crippen LogP contribution in [0, 0.1) is 0 Å². The van der Waals surface area contributed by atoms with Crippen molar-refractivity contribution in [2.75, 3.05) is 4.90 Å². The van der Waals surface area contributed by atoms with E-state index in [1.807, 2.05) is 13.8 Å². The summed E-state index contributed by atoms with van der Waals surface area (Å²) >= 11 is 0. The summed E-state index contributed by atoms with van der Waals surface area (Å²) in [7, 11) is 0. The summed E-state index contributed by atoms with van der Waals surface area (Å²) in [4.78, 5) is 2.52. The molecule has 72 heavy (non-hydrogen) atoms. The fourth-order valence-corrected chi connectivity index (χ4v) is 14.5. The fraction of sp³-hybridized carbons (Fsp3) is 0.0882. The summed E-state index contributed by atoms with van der Waals surface area (Å²) in [5, 5.41) is 10.3. The van der Waals surface area contributed by atoms with Crippen LogP contribution in [0.25, 0.3) is 110 Å². The van der Waals surface area contributed by atoms with Crippen molar-refractivity contribution in [3.8, 4) is 44.8 Å². The maximum absolute atomic E-state index is 9.48. The van der Waals surface area contributed by atoms with Crippen LogP contribution in [0.4, 0.5) is 17.1 Å². The molecule has 17 rings (SSSR count). The van der Waals surface area contributed by atoms with Gasteiger partial charge in [-0.25, -0.2) is 0 Å². The molecule has 4 heteroatoms. The number of nitrogens with zero attached hydrogens (tertiary/aromatic N) is 3. The first-order valence-corrected chi connectivity index (χ1v) is 25.6. The number of aromatic nitrogens is 2. The van der Waals surface area contributed by atoms with Gasteiger partial charge in [-0.2, -0.15) is 0 Å². The lowest BCUT2D eigenvalue weighted by Crippen LogP contribution is -2.60. The lowest BCUT2D eigenvalue weighted by Gasteiger charge is -2.41. The molecule has 13 aromatic rings. The van der Waals surface area contributed by atoms with Crippen LogP contribution >= 0.6 is 0 Å². The molecule has 4 heterocycles. The second-order valence-corrected chi connectivity index (χ2v) is 21.5. The Labute approximate surface area is 419 Å². The summed E-state index contributed by atoms with van der Waals surface area (Å²) in [6, 6.07) is 75.8. The van der Waals surface area contributed by atoms with E-state index >= 15 is 0 Å². The molecular formula is C68H46BN3. The lowest BCUT2D eigenvalue weighted by molar-refractivity contribution is 0.666. The number of hydrogen-bond donors (Lipinski definition) is 0. The molecule has 0 fully saturated rings. The Balaban J connectivity index is 1.09. The minimum absolute atomic E-state index is 0.124. The van der Waals surface area contributed by atoms with E-state index < -0.39 is 5.89 Å². The minimum atomic E-state index is -0.805. The van der Waals surface area contributed by atoms with Gasteiger partial charge in [0.2, 0.25) is 0 Å². The van der Waals surface area contributed by atoms with E-state index in [1.165, 1.54) is 137 Å². The molecule has 336 valence electrons. The number of para-hydroxylation sites is 1. The van der Waals surface area contributed by atoms with Gasteiger partial charge in [-0.3, -0.25) is 0 Å². The maximum atomic E-state index is 9.48. The number of benzene rings is 11. The van der Waals surface area contributed by atoms with Crippen molar-refractivity contribution >= 4 is 105 Å². The number of hydrogen-bond acceptors (Lipinski definition) is 1. The molecule has 0 atom stereocenters. The summed E-state index contributed by atoms with van der Waals surface area (Å²) in [6.07, 6.45) is 0. The van der Waals surface area contributed by atoms with Crippen molar-refractivity contribution in [3.05, 3.63) is 217 Å². The van der Waals surface area contributed by atoms with E-state index in [0.29, 0.717) is 0 Å². The highest BCUT2D eigenvalue weighted by Gasteiger charge is 2.47. The van der Waals surface area contributed by atoms with Crippen molar-refractivity contribution in [3.63, 3.8) is 0 Å². The fourth-order valence-electron chi connectivity index (χ4n) is 14.5. The highest BCUT2D eigenvalue weighted by atomic mass is 15.2. The van der Waals surface area contributed by atoms with Gasteiger partial charge in [-0.1, -0.05) is 179 Å². The summed E-state index contributed by atoms with van der Waals surface area (Å²) in [6.45, 7) is 8.80. The molecule has 0 radical (unpaired) electrons. The SMILES string of the molecule is [2H]C(C)(C)c1ccc2c(c1)B1c3c(cc(-n4c5cccc6c5c5c7c(cccc7ccc54)-c4ccccc4-6)cc3-n3c4ccc5ccccc5c4c4c5c(cc1c43)-c1ccccc1C5(C)C)N2c1ccccc1. The van der Waals surface area contributed by atoms with Crippen LogP contribution < -0.4 is 21.3 Å². The molecule has 0 spiro atoms. The molecule has 0 amide bonds. The Bertz CT molecular complexity index is 4700. The van der Waals surface area contributed by atoms with E-state index in [-0.39, 0.29) is 12.1 Å². The van der Waals surface area contributed by atoms with Crippen LogP contribution in [0.5, 0.6) is 0 Å². The smallest absolute Gasteiger partial charge is 0.252 e. The summed E-state index contributed by atoms with van der Waals surface area (Å²) in [5.41, 5.74) is 25.8. The first-order valence-electron chi connectivity index (χ1n) is 26.1. The van der Waals surface area contributed by atoms with E-state index in [0.717, 1.165) is 22.6 Å². The standard InChI is InChI=1S/C68H46BN3/c1-38(2)41-30-31-54-52(34-41)69-53-37-50-47-23-12-13-26-51(47)68(3,4)65(50)64-61-44-20-9-8-16-39(44)28-32-56(61)72(67(53)64)59-36-43(35-58(66(59)69)70(54)42-18-6-5-7-19-42)71-55-27-15-25-49-46-22-11-10-21-45(46)48-24-14-17-40-29-33-57(71)63(60(40)48)62(49)55/h5-38H,1-4H3/i38D. The third-order valence-electron chi connectivity index (χ3n) is 17.4. The van der Waals surface area contributed by atoms with Gasteiger partial charge >= 0.3 is 0 Å². The molecule has 2 aromatic heterocycles. The molecule has 0 saturated heterocycles. The zero-order valence-electron chi connectivity index (χ0n) is 41.5. The molecule has 0 N–H and O–H groups in total. The summed E-state index contributed by atoms with van der Waals surface area (Å²) < 4.78 is 14.7. The molecule has 0 unspecified atom stereocenters. The highest BCUT2D eigenvalue weighted by molar-refractivity contribution is 7.00. The van der Waals surface area contributed by atoms with E-state index in [9.17, 15) is 1.37 Å². The summed E-state index contributed by atoms with van der Waals surface area (Å²) in [5.74, 6) is -0.805. The highest BCUT2D eigenvalue weighted by Crippen LogP contribution is 2.56. The molecule has 0 saturated carbocycles. The number of anilines is 3. The first kappa shape index (κ1) is 38.2. The van der Waals surface area contributed by atoms with E-state index in [1.54, 1.807) is 0 Å². The van der Waals surface area contributed by atoms with Gasteiger partial charge in [0.15, 0.2) is 0 Å². The molecule has 11 aromatic carbocycles. The maximum Gasteiger partial charge on any atom is 0.252 e. The van der Waals surface area contributed by atoms with Crippen molar-refractivity contribution in [1.29, 1.82) is 0 Å². The zero-order valence-corrected chi connectivity index (χ0v) is 40.5. The Morgan fingerprint density at radius 1 is 0.444 bits per heavy atom. The Hall–Kier alpha value is -8.60. The van der Waals surface area contributed by atoms with Crippen LogP contribution in [-0.4, -0.2) is 15.8 Å². The molecule has 3 nitrogen and oxygen atoms in total. The second kappa shape index (κ2) is 13.4. The van der Waals surface area contributed by atoms with Crippen molar-refractivity contribution in [2.24, 2.45) is 0 Å². The van der Waals surface area contributed by atoms with Gasteiger partial charge < -0.3 is 14.0 Å². The predicted octanol–water partition coefficient (Wildman–Crippen LogP) is 15.9. The second-order valence-electron chi connectivity index (χ2n) is 21.5. The van der Waals surface area contributed by atoms with Gasteiger partial charge in [-0.05, 0) is 142 Å². The third kappa shape index (κ3) is 4.65. The third-order valence-corrected chi connectivity index (χ3v) is 17.4. The monoisotopic (exact) mass is 916 g/mol. The van der Waals surface area contributed by atoms with Crippen LogP contribution in [-0.2, 0) is 5.41 Å². The van der Waals surface area contributed by atoms with Gasteiger partial charge in [-0.15, -0.1) is 0 Å². The largest absolute Gasteiger partial charge is 0.311 e. The van der Waals surface area contributed by atoms with E-state index in [4.69, 9.17) is 0 Å². The average Bonchev–Trinajstić information content (AvgIpc) is 4.00. The predicted molar refractivity (Wildman–Crippen MR) is 306 cm³/mol. The van der Waals surface area contributed by atoms with Crippen LogP contribution in [0.2, 0.25) is 0 Å². The van der Waals surface area contributed by atoms with Gasteiger partial charge in [0.1, 0.15) is 0 Å². The minimum Gasteiger partial charge on any atom is -0.311 e. The molecule has 0 bridgehead atoms. The van der Waals surface area contributed by atoms with Crippen molar-refractivity contribution < 1.29 is 1.37 Å². The quantitative estimate of drug-likeness (QED) is 0.161. The number of rotatable bonds is 3. The normalized spacial score (nSPS) is 14.6. The van der Waals surface area contributed by atoms with E-state index in [2.05, 4.69) is 228 Å². The van der Waals surface area contributed by atoms with Gasteiger partial charge in [0.05, 0.1) is 22.2 Å². The molecule has 4 aliphatic rings. The van der Waals surface area contributed by atoms with Crippen LogP contribution in [0.1, 0.15) is 51.7 Å². The number of fused-ring (bicyclic) bond motifs is 16. The average molecular weight is 917 g/mol. The Morgan fingerprint density at radius 2 is 1.10 bits per heavy atom. The molecular weight excluding hydrogens is 870 g/mol. The van der Waals surface area contributed by atoms with Crippen molar-refractivity contribution in [1.82, 2.24) is 9.13 Å². The van der Waals surface area contributed by atoms with Gasteiger partial charge in [0.25, 0.3) is 6.71 Å². The lowest BCUT2D eigenvalue weighted by atomic mass is 9.33. The first-order chi connectivity index (χ1) is 35.6. The van der Waals surface area contributed by atoms with Crippen LogP contribution in [0.15, 0.2) is 200 Å². The van der Waals surface area contributed by atoms with Crippen LogP contribution in [0.3, 0.4) is 0 Å². The zero-order chi connectivity index (χ0) is 48.4. The van der Waals surface area contributed by atoms with Gasteiger partial charge in [0, 0.05) is 56.6 Å². The Morgan fingerprint density at radius 3 is 1.92 bits per heavy atom. The topological polar surface area (TPSA) is 13.1 Å². The Kier molecular flexibility index (Phi) is 7.12. The van der Waals surface area contributed by atoms with Crippen molar-refractivity contribution in [2.45, 2.75) is 39.0 Å².